The molecule has 1 saturated carbocycles. The Labute approximate surface area is 168 Å². The first kappa shape index (κ1) is 19.0. The van der Waals surface area contributed by atoms with Crippen molar-refractivity contribution in [3.05, 3.63) is 41.4 Å². The molecule has 2 aromatic rings. The van der Waals surface area contributed by atoms with E-state index in [0.717, 1.165) is 24.9 Å². The second kappa shape index (κ2) is 8.38. The Bertz CT molecular complexity index is 841. The number of para-hydroxylation sites is 1. The van der Waals surface area contributed by atoms with Crippen LogP contribution in [0.5, 0.6) is 0 Å². The maximum Gasteiger partial charge on any atom is 0.325 e. The third kappa shape index (κ3) is 3.94. The Hall–Kier alpha value is -2.29. The van der Waals surface area contributed by atoms with Gasteiger partial charge in [0.2, 0.25) is 5.91 Å². The molecular weight excluding hydrogens is 376 g/mol. The first-order valence-electron chi connectivity index (χ1n) is 9.61. The monoisotopic (exact) mass is 400 g/mol. The number of hydrogen-bond acceptors (Lipinski definition) is 7. The number of anilines is 2. The summed E-state index contributed by atoms with van der Waals surface area (Å²) in [4.78, 5) is 30.7. The van der Waals surface area contributed by atoms with Gasteiger partial charge in [0.05, 0.1) is 11.4 Å². The van der Waals surface area contributed by atoms with Gasteiger partial charge in [-0.2, -0.15) is 0 Å². The molecule has 1 aliphatic carbocycles. The lowest BCUT2D eigenvalue weighted by Gasteiger charge is -2.26. The fourth-order valence-electron chi connectivity index (χ4n) is 3.98. The molecule has 2 N–H and O–H groups in total. The summed E-state index contributed by atoms with van der Waals surface area (Å²) in [6.07, 6.45) is 4.49. The number of benzene rings is 1. The molecule has 8 heteroatoms. The molecule has 0 spiro atoms. The average molecular weight is 401 g/mol. The number of aromatic nitrogens is 1. The van der Waals surface area contributed by atoms with Crippen LogP contribution in [0.1, 0.15) is 38.3 Å². The zero-order valence-corrected chi connectivity index (χ0v) is 16.6. The Morgan fingerprint density at radius 2 is 2.00 bits per heavy atom. The van der Waals surface area contributed by atoms with Gasteiger partial charge >= 0.3 is 5.97 Å². The van der Waals surface area contributed by atoms with E-state index in [4.69, 9.17) is 4.74 Å². The molecule has 1 aromatic heterocycles. The normalized spacial score (nSPS) is 23.8. The first-order valence-corrected chi connectivity index (χ1v) is 10.5. The Kier molecular flexibility index (Phi) is 5.70. The maximum absolute atomic E-state index is 12.5. The number of nitrogens with one attached hydrogen (secondary N) is 2. The SMILES string of the molecule is CC(=O)N(c1ccccc1)c1nc(COC(=O)C2NNC3CCCCC32)cs1. The number of rotatable bonds is 5. The van der Waals surface area contributed by atoms with Gasteiger partial charge in [0.1, 0.15) is 12.6 Å². The van der Waals surface area contributed by atoms with E-state index in [1.807, 2.05) is 35.7 Å². The van der Waals surface area contributed by atoms with Crippen LogP contribution in [-0.2, 0) is 20.9 Å². The molecule has 2 aliphatic rings. The molecule has 3 unspecified atom stereocenters. The van der Waals surface area contributed by atoms with E-state index in [9.17, 15) is 9.59 Å². The minimum atomic E-state index is -0.304. The number of carbonyl (C=O) groups is 2. The van der Waals surface area contributed by atoms with E-state index < -0.39 is 0 Å². The molecule has 4 rings (SSSR count). The summed E-state index contributed by atoms with van der Waals surface area (Å²) >= 11 is 1.36. The summed E-state index contributed by atoms with van der Waals surface area (Å²) in [5.41, 5.74) is 7.73. The van der Waals surface area contributed by atoms with Crippen LogP contribution in [0.4, 0.5) is 10.8 Å². The quantitative estimate of drug-likeness (QED) is 0.751. The summed E-state index contributed by atoms with van der Waals surface area (Å²) in [5.74, 6) is -0.0740. The van der Waals surface area contributed by atoms with Crippen LogP contribution in [0.2, 0.25) is 0 Å². The minimum absolute atomic E-state index is 0.103. The molecule has 28 heavy (non-hydrogen) atoms. The van der Waals surface area contributed by atoms with E-state index >= 15 is 0 Å². The Morgan fingerprint density at radius 3 is 2.79 bits per heavy atom. The molecule has 0 radical (unpaired) electrons. The van der Waals surface area contributed by atoms with E-state index in [1.165, 1.54) is 24.7 Å². The Morgan fingerprint density at radius 1 is 1.21 bits per heavy atom. The zero-order chi connectivity index (χ0) is 19.5. The van der Waals surface area contributed by atoms with Crippen LogP contribution in [0.25, 0.3) is 0 Å². The van der Waals surface area contributed by atoms with Crippen LogP contribution < -0.4 is 15.8 Å². The second-order valence-electron chi connectivity index (χ2n) is 7.24. The fourth-order valence-corrected chi connectivity index (χ4v) is 4.85. The fraction of sp³-hybridized carbons (Fsp3) is 0.450. The molecule has 1 aliphatic heterocycles. The highest BCUT2D eigenvalue weighted by Crippen LogP contribution is 2.31. The summed E-state index contributed by atoms with van der Waals surface area (Å²) in [5, 5.41) is 2.39. The van der Waals surface area contributed by atoms with E-state index in [2.05, 4.69) is 15.8 Å². The lowest BCUT2D eigenvalue weighted by Crippen LogP contribution is -2.39. The van der Waals surface area contributed by atoms with Gasteiger partial charge in [0.15, 0.2) is 5.13 Å². The number of thiazole rings is 1. The number of amides is 1. The van der Waals surface area contributed by atoms with Crippen molar-refractivity contribution >= 4 is 34.0 Å². The van der Waals surface area contributed by atoms with Gasteiger partial charge < -0.3 is 4.74 Å². The molecule has 0 bridgehead atoms. The van der Waals surface area contributed by atoms with E-state index in [1.54, 1.807) is 4.90 Å². The van der Waals surface area contributed by atoms with Crippen molar-refractivity contribution in [2.45, 2.75) is 51.3 Å². The van der Waals surface area contributed by atoms with Crippen LogP contribution in [0.15, 0.2) is 35.7 Å². The lowest BCUT2D eigenvalue weighted by molar-refractivity contribution is -0.148. The second-order valence-corrected chi connectivity index (χ2v) is 8.08. The molecule has 3 atom stereocenters. The highest BCUT2D eigenvalue weighted by atomic mass is 32.1. The molecule has 1 saturated heterocycles. The standard InChI is InChI=1S/C20H24N4O3S/c1-13(25)24(15-7-3-2-4-8-15)20-21-14(12-28-20)11-27-19(26)18-16-9-5-6-10-17(16)22-23-18/h2-4,7-8,12,16-18,22-23H,5-6,9-11H2,1H3. The third-order valence-electron chi connectivity index (χ3n) is 5.35. The molecule has 2 fully saturated rings. The van der Waals surface area contributed by atoms with Crippen LogP contribution in [0, 0.1) is 5.92 Å². The number of carbonyl (C=O) groups excluding carboxylic acids is 2. The Balaban J connectivity index is 1.39. The van der Waals surface area contributed by atoms with Crippen LogP contribution in [0.3, 0.4) is 0 Å². The van der Waals surface area contributed by atoms with Crippen molar-refractivity contribution in [1.29, 1.82) is 0 Å². The highest BCUT2D eigenvalue weighted by Gasteiger charge is 2.41. The van der Waals surface area contributed by atoms with Crippen molar-refractivity contribution in [2.24, 2.45) is 5.92 Å². The molecule has 7 nitrogen and oxygen atoms in total. The summed E-state index contributed by atoms with van der Waals surface area (Å²) in [6.45, 7) is 1.61. The average Bonchev–Trinajstić information content (AvgIpc) is 3.34. The van der Waals surface area contributed by atoms with Crippen molar-refractivity contribution in [1.82, 2.24) is 15.8 Å². The molecule has 2 heterocycles. The zero-order valence-electron chi connectivity index (χ0n) is 15.8. The number of hydrogen-bond donors (Lipinski definition) is 2. The van der Waals surface area contributed by atoms with Crippen molar-refractivity contribution in [2.75, 3.05) is 4.90 Å². The third-order valence-corrected chi connectivity index (χ3v) is 6.22. The van der Waals surface area contributed by atoms with Gasteiger partial charge in [-0.15, -0.1) is 11.3 Å². The predicted octanol–water partition coefficient (Wildman–Crippen LogP) is 2.91. The van der Waals surface area contributed by atoms with Crippen LogP contribution >= 0.6 is 11.3 Å². The highest BCUT2D eigenvalue weighted by molar-refractivity contribution is 7.14. The summed E-state index contributed by atoms with van der Waals surface area (Å²) in [6, 6.07) is 9.43. The number of ether oxygens (including phenoxy) is 1. The molecular formula is C20H24N4O3S. The maximum atomic E-state index is 12.5. The lowest BCUT2D eigenvalue weighted by atomic mass is 9.82. The number of hydrazine groups is 1. The van der Waals surface area contributed by atoms with Crippen molar-refractivity contribution in [3.8, 4) is 0 Å². The van der Waals surface area contributed by atoms with Crippen molar-refractivity contribution < 1.29 is 14.3 Å². The van der Waals surface area contributed by atoms with Gasteiger partial charge in [-0.3, -0.25) is 19.9 Å². The largest absolute Gasteiger partial charge is 0.458 e. The van der Waals surface area contributed by atoms with E-state index in [-0.39, 0.29) is 24.5 Å². The molecule has 1 aromatic carbocycles. The minimum Gasteiger partial charge on any atom is -0.458 e. The van der Waals surface area contributed by atoms with Gasteiger partial charge in [-0.1, -0.05) is 31.0 Å². The topological polar surface area (TPSA) is 83.6 Å². The van der Waals surface area contributed by atoms with Gasteiger partial charge in [-0.25, -0.2) is 10.4 Å². The smallest absolute Gasteiger partial charge is 0.325 e. The number of fused-ring (bicyclic) bond motifs is 1. The van der Waals surface area contributed by atoms with Gasteiger partial charge in [0, 0.05) is 24.3 Å². The number of nitrogens with zero attached hydrogens (tertiary/aromatic N) is 2. The molecule has 1 amide bonds. The van der Waals surface area contributed by atoms with Gasteiger partial charge in [0.25, 0.3) is 0 Å². The summed E-state index contributed by atoms with van der Waals surface area (Å²) in [7, 11) is 0. The predicted molar refractivity (Wildman–Crippen MR) is 107 cm³/mol. The van der Waals surface area contributed by atoms with E-state index in [0.29, 0.717) is 22.8 Å². The number of esters is 1. The van der Waals surface area contributed by atoms with Crippen LogP contribution in [-0.4, -0.2) is 28.9 Å². The van der Waals surface area contributed by atoms with Gasteiger partial charge in [-0.05, 0) is 25.0 Å². The summed E-state index contributed by atoms with van der Waals surface area (Å²) < 4.78 is 5.52. The first-order chi connectivity index (χ1) is 13.6. The van der Waals surface area contributed by atoms with Crippen molar-refractivity contribution in [3.63, 3.8) is 0 Å². The molecule has 148 valence electrons.